The van der Waals surface area contributed by atoms with Crippen LogP contribution in [-0.4, -0.2) is 35.0 Å². The van der Waals surface area contributed by atoms with Gasteiger partial charge in [-0.2, -0.15) is 4.98 Å². The van der Waals surface area contributed by atoms with Crippen LogP contribution >= 0.6 is 11.8 Å². The Labute approximate surface area is 139 Å². The molecule has 1 aliphatic heterocycles. The van der Waals surface area contributed by atoms with Crippen molar-refractivity contribution in [3.63, 3.8) is 0 Å². The monoisotopic (exact) mass is 333 g/mol. The van der Waals surface area contributed by atoms with E-state index in [0.29, 0.717) is 17.5 Å². The number of amides is 1. The van der Waals surface area contributed by atoms with Gasteiger partial charge in [-0.3, -0.25) is 4.79 Å². The van der Waals surface area contributed by atoms with Gasteiger partial charge in [-0.1, -0.05) is 11.6 Å². The molecule has 122 valence electrons. The molecule has 0 aliphatic carbocycles. The van der Waals surface area contributed by atoms with E-state index < -0.39 is 0 Å². The molecule has 6 nitrogen and oxygen atoms in total. The van der Waals surface area contributed by atoms with Gasteiger partial charge in [0.1, 0.15) is 5.75 Å². The van der Waals surface area contributed by atoms with E-state index in [4.69, 9.17) is 9.26 Å². The average molecular weight is 333 g/mol. The lowest BCUT2D eigenvalue weighted by atomic mass is 10.2. The molecular formula is C16H19N3O3S. The highest BCUT2D eigenvalue weighted by Crippen LogP contribution is 2.25. The van der Waals surface area contributed by atoms with E-state index in [0.717, 1.165) is 37.1 Å². The SMILES string of the molecule is COc1ccc(-c2nc(CSC3CCCCNC3=O)no2)cc1. The Morgan fingerprint density at radius 1 is 1.35 bits per heavy atom. The summed E-state index contributed by atoms with van der Waals surface area (Å²) in [4.78, 5) is 16.3. The molecule has 0 radical (unpaired) electrons. The van der Waals surface area contributed by atoms with E-state index in [-0.39, 0.29) is 11.2 Å². The Morgan fingerprint density at radius 2 is 2.17 bits per heavy atom. The van der Waals surface area contributed by atoms with E-state index in [1.165, 1.54) is 0 Å². The molecule has 1 fully saturated rings. The van der Waals surface area contributed by atoms with Gasteiger partial charge >= 0.3 is 0 Å². The largest absolute Gasteiger partial charge is 0.497 e. The average Bonchev–Trinajstić information content (AvgIpc) is 2.96. The van der Waals surface area contributed by atoms with Crippen LogP contribution in [0.5, 0.6) is 5.75 Å². The van der Waals surface area contributed by atoms with Crippen molar-refractivity contribution in [2.45, 2.75) is 30.3 Å². The zero-order valence-electron chi connectivity index (χ0n) is 12.9. The summed E-state index contributed by atoms with van der Waals surface area (Å²) in [6.07, 6.45) is 3.02. The van der Waals surface area contributed by atoms with Crippen molar-refractivity contribution in [3.05, 3.63) is 30.1 Å². The minimum absolute atomic E-state index is 0.0274. The molecule has 1 saturated heterocycles. The van der Waals surface area contributed by atoms with E-state index in [9.17, 15) is 4.79 Å². The molecule has 1 aliphatic rings. The predicted molar refractivity (Wildman–Crippen MR) is 88.2 cm³/mol. The van der Waals surface area contributed by atoms with E-state index in [1.807, 2.05) is 24.3 Å². The first-order chi connectivity index (χ1) is 11.3. The number of aromatic nitrogens is 2. The molecule has 0 spiro atoms. The zero-order valence-corrected chi connectivity index (χ0v) is 13.8. The van der Waals surface area contributed by atoms with Crippen molar-refractivity contribution in [1.82, 2.24) is 15.5 Å². The standard InChI is InChI=1S/C16H19N3O3S/c1-21-12-7-5-11(6-8-12)16-18-14(19-22-16)10-23-13-4-2-3-9-17-15(13)20/h5-8,13H,2-4,9-10H2,1H3,(H,17,20). The highest BCUT2D eigenvalue weighted by molar-refractivity contribution is 7.99. The number of hydrogen-bond donors (Lipinski definition) is 1. The van der Waals surface area contributed by atoms with Crippen LogP contribution in [0.2, 0.25) is 0 Å². The van der Waals surface area contributed by atoms with Crippen molar-refractivity contribution < 1.29 is 14.1 Å². The third-order valence-corrected chi connectivity index (χ3v) is 4.98. The number of ether oxygens (including phenoxy) is 1. The van der Waals surface area contributed by atoms with Gasteiger partial charge in [0.25, 0.3) is 5.89 Å². The number of nitrogens with one attached hydrogen (secondary N) is 1. The fraction of sp³-hybridized carbons (Fsp3) is 0.438. The topological polar surface area (TPSA) is 77.2 Å². The number of thioether (sulfide) groups is 1. The zero-order chi connectivity index (χ0) is 16.1. The molecule has 1 unspecified atom stereocenters. The minimum atomic E-state index is -0.0274. The van der Waals surface area contributed by atoms with Crippen LogP contribution in [0.3, 0.4) is 0 Å². The van der Waals surface area contributed by atoms with Gasteiger partial charge in [0, 0.05) is 12.1 Å². The second-order valence-corrected chi connectivity index (χ2v) is 6.52. The van der Waals surface area contributed by atoms with Gasteiger partial charge in [0.2, 0.25) is 5.91 Å². The third kappa shape index (κ3) is 4.04. The molecule has 23 heavy (non-hydrogen) atoms. The van der Waals surface area contributed by atoms with Gasteiger partial charge in [0.15, 0.2) is 5.82 Å². The molecule has 0 saturated carbocycles. The van der Waals surface area contributed by atoms with Crippen LogP contribution < -0.4 is 10.1 Å². The Bertz CT molecular complexity index is 657. The smallest absolute Gasteiger partial charge is 0.257 e. The fourth-order valence-corrected chi connectivity index (χ4v) is 3.44. The van der Waals surface area contributed by atoms with Crippen LogP contribution in [0.25, 0.3) is 11.5 Å². The molecule has 0 bridgehead atoms. The molecule has 3 rings (SSSR count). The van der Waals surface area contributed by atoms with Crippen LogP contribution in [0.1, 0.15) is 25.1 Å². The number of methoxy groups -OCH3 is 1. The maximum atomic E-state index is 11.9. The number of benzene rings is 1. The molecule has 1 atom stereocenters. The van der Waals surface area contributed by atoms with Gasteiger partial charge in [-0.15, -0.1) is 11.8 Å². The van der Waals surface area contributed by atoms with Gasteiger partial charge in [-0.25, -0.2) is 0 Å². The Kier molecular flexibility index (Phi) is 5.17. The first kappa shape index (κ1) is 15.9. The number of hydrogen-bond acceptors (Lipinski definition) is 6. The number of rotatable bonds is 5. The van der Waals surface area contributed by atoms with Gasteiger partial charge in [0.05, 0.1) is 18.1 Å². The summed E-state index contributed by atoms with van der Waals surface area (Å²) in [5.41, 5.74) is 0.849. The molecule has 2 aromatic rings. The summed E-state index contributed by atoms with van der Waals surface area (Å²) in [6, 6.07) is 7.46. The normalized spacial score (nSPS) is 18.3. The summed E-state index contributed by atoms with van der Waals surface area (Å²) in [7, 11) is 1.63. The van der Waals surface area contributed by atoms with Gasteiger partial charge < -0.3 is 14.6 Å². The van der Waals surface area contributed by atoms with Crippen molar-refractivity contribution >= 4 is 17.7 Å². The molecule has 1 amide bonds. The summed E-state index contributed by atoms with van der Waals surface area (Å²) in [5, 5.41) is 6.91. The minimum Gasteiger partial charge on any atom is -0.497 e. The van der Waals surface area contributed by atoms with Crippen LogP contribution in [-0.2, 0) is 10.5 Å². The Balaban J connectivity index is 1.61. The highest BCUT2D eigenvalue weighted by Gasteiger charge is 2.22. The van der Waals surface area contributed by atoms with Crippen LogP contribution in [0.15, 0.2) is 28.8 Å². The number of carbonyl (C=O) groups is 1. The molecule has 1 N–H and O–H groups in total. The lowest BCUT2D eigenvalue weighted by Gasteiger charge is -2.10. The predicted octanol–water partition coefficient (Wildman–Crippen LogP) is 2.65. The quantitative estimate of drug-likeness (QED) is 0.906. The van der Waals surface area contributed by atoms with Crippen molar-refractivity contribution in [3.8, 4) is 17.2 Å². The van der Waals surface area contributed by atoms with Crippen molar-refractivity contribution in [2.75, 3.05) is 13.7 Å². The molecule has 2 heterocycles. The molecular weight excluding hydrogens is 314 g/mol. The van der Waals surface area contributed by atoms with Crippen LogP contribution in [0, 0.1) is 0 Å². The highest BCUT2D eigenvalue weighted by atomic mass is 32.2. The Hall–Kier alpha value is -2.02. The maximum Gasteiger partial charge on any atom is 0.257 e. The summed E-state index contributed by atoms with van der Waals surface area (Å²) < 4.78 is 10.4. The first-order valence-electron chi connectivity index (χ1n) is 7.62. The Morgan fingerprint density at radius 3 is 2.96 bits per heavy atom. The van der Waals surface area contributed by atoms with E-state index in [2.05, 4.69) is 15.5 Å². The fourth-order valence-electron chi connectivity index (χ4n) is 2.41. The summed E-state index contributed by atoms with van der Waals surface area (Å²) in [5.74, 6) is 2.55. The lowest BCUT2D eigenvalue weighted by Crippen LogP contribution is -2.30. The third-order valence-electron chi connectivity index (χ3n) is 3.70. The second kappa shape index (κ2) is 7.50. The second-order valence-electron chi connectivity index (χ2n) is 5.33. The van der Waals surface area contributed by atoms with Crippen molar-refractivity contribution in [2.24, 2.45) is 0 Å². The summed E-state index contributed by atoms with van der Waals surface area (Å²) in [6.45, 7) is 0.778. The first-order valence-corrected chi connectivity index (χ1v) is 8.67. The van der Waals surface area contributed by atoms with E-state index in [1.54, 1.807) is 18.9 Å². The maximum absolute atomic E-state index is 11.9. The number of nitrogens with zero attached hydrogens (tertiary/aromatic N) is 2. The van der Waals surface area contributed by atoms with Crippen molar-refractivity contribution in [1.29, 1.82) is 0 Å². The lowest BCUT2D eigenvalue weighted by molar-refractivity contribution is -0.120. The van der Waals surface area contributed by atoms with Crippen LogP contribution in [0.4, 0.5) is 0 Å². The molecule has 7 heteroatoms. The van der Waals surface area contributed by atoms with Gasteiger partial charge in [-0.05, 0) is 37.1 Å². The molecule has 1 aromatic heterocycles. The molecule has 1 aromatic carbocycles. The van der Waals surface area contributed by atoms with E-state index >= 15 is 0 Å². The summed E-state index contributed by atoms with van der Waals surface area (Å²) >= 11 is 1.57. The number of carbonyl (C=O) groups excluding carboxylic acids is 1.